The van der Waals surface area contributed by atoms with Gasteiger partial charge in [0, 0.05) is 18.6 Å². The van der Waals surface area contributed by atoms with Gasteiger partial charge in [-0.25, -0.2) is 4.79 Å². The second-order valence-corrected chi connectivity index (χ2v) is 6.27. The lowest BCUT2D eigenvalue weighted by molar-refractivity contribution is 0.0146. The highest BCUT2D eigenvalue weighted by molar-refractivity contribution is 5.69. The topological polar surface area (TPSA) is 55.6 Å². The van der Waals surface area contributed by atoms with Crippen LogP contribution in [0.4, 0.5) is 4.79 Å². The lowest BCUT2D eigenvalue weighted by Crippen LogP contribution is -2.46. The normalized spacial score (nSPS) is 32.7. The molecule has 1 saturated carbocycles. The monoisotopic (exact) mass is 240 g/mol. The van der Waals surface area contributed by atoms with Crippen molar-refractivity contribution in [3.8, 4) is 0 Å². The number of carbonyl (C=O) groups is 1. The van der Waals surface area contributed by atoms with Crippen molar-refractivity contribution < 1.29 is 9.53 Å². The number of fused-ring (bicyclic) bond motifs is 1. The maximum absolute atomic E-state index is 12.2. The minimum absolute atomic E-state index is 0.178. The minimum atomic E-state index is -0.424. The van der Waals surface area contributed by atoms with Gasteiger partial charge in [0.1, 0.15) is 5.60 Å². The molecule has 1 heterocycles. The summed E-state index contributed by atoms with van der Waals surface area (Å²) in [6.45, 7) is 6.27. The molecule has 0 bridgehead atoms. The van der Waals surface area contributed by atoms with Crippen LogP contribution < -0.4 is 5.73 Å². The quantitative estimate of drug-likeness (QED) is 0.764. The van der Waals surface area contributed by atoms with E-state index in [0.717, 1.165) is 12.8 Å². The molecule has 3 atom stereocenters. The lowest BCUT2D eigenvalue weighted by atomic mass is 10.0. The molecule has 17 heavy (non-hydrogen) atoms. The van der Waals surface area contributed by atoms with Crippen LogP contribution in [0.1, 0.15) is 46.5 Å². The smallest absolute Gasteiger partial charge is 0.410 e. The number of hydrogen-bond acceptors (Lipinski definition) is 3. The summed E-state index contributed by atoms with van der Waals surface area (Å²) >= 11 is 0. The number of ether oxygens (including phenoxy) is 1. The van der Waals surface area contributed by atoms with E-state index in [-0.39, 0.29) is 12.1 Å². The van der Waals surface area contributed by atoms with Crippen LogP contribution in [0.25, 0.3) is 0 Å². The van der Waals surface area contributed by atoms with E-state index in [0.29, 0.717) is 18.5 Å². The number of nitrogens with zero attached hydrogens (tertiary/aromatic N) is 1. The van der Waals surface area contributed by atoms with Gasteiger partial charge in [-0.3, -0.25) is 0 Å². The Bertz CT molecular complexity index is 298. The van der Waals surface area contributed by atoms with Crippen LogP contribution in [0.15, 0.2) is 0 Å². The Labute approximate surface area is 103 Å². The van der Waals surface area contributed by atoms with Crippen LogP contribution in [-0.4, -0.2) is 35.2 Å². The molecule has 1 aliphatic heterocycles. The predicted octanol–water partition coefficient (Wildman–Crippen LogP) is 2.12. The number of likely N-dealkylation sites (tertiary alicyclic amines) is 1. The second kappa shape index (κ2) is 4.48. The van der Waals surface area contributed by atoms with Crippen LogP contribution in [0, 0.1) is 5.92 Å². The van der Waals surface area contributed by atoms with Crippen molar-refractivity contribution in [2.45, 2.75) is 64.1 Å². The van der Waals surface area contributed by atoms with Gasteiger partial charge in [0.05, 0.1) is 0 Å². The average Bonchev–Trinajstić information content (AvgIpc) is 2.71. The first-order valence-electron chi connectivity index (χ1n) is 6.64. The SMILES string of the molecule is CC(C)(C)OC(=O)N1[C@H](CN)C[C@@H]2CCC[C@@H]21. The van der Waals surface area contributed by atoms with E-state index < -0.39 is 5.60 Å². The molecule has 98 valence electrons. The van der Waals surface area contributed by atoms with Gasteiger partial charge in [-0.05, 0) is 46.0 Å². The van der Waals surface area contributed by atoms with Crippen LogP contribution in [0.2, 0.25) is 0 Å². The van der Waals surface area contributed by atoms with Gasteiger partial charge in [0.15, 0.2) is 0 Å². The van der Waals surface area contributed by atoms with Gasteiger partial charge >= 0.3 is 6.09 Å². The standard InChI is InChI=1S/C13H24N2O2/c1-13(2,3)17-12(16)15-10(8-14)7-9-5-4-6-11(9)15/h9-11H,4-8,14H2,1-3H3/t9-,10-,11-/m0/s1. The van der Waals surface area contributed by atoms with Crippen molar-refractivity contribution >= 4 is 6.09 Å². The molecule has 4 heteroatoms. The average molecular weight is 240 g/mol. The molecule has 1 saturated heterocycles. The van der Waals surface area contributed by atoms with E-state index in [2.05, 4.69) is 0 Å². The molecule has 2 rings (SSSR count). The summed E-state index contributed by atoms with van der Waals surface area (Å²) in [5, 5.41) is 0. The number of nitrogens with two attached hydrogens (primary N) is 1. The highest BCUT2D eigenvalue weighted by atomic mass is 16.6. The first kappa shape index (κ1) is 12.7. The predicted molar refractivity (Wildman–Crippen MR) is 66.7 cm³/mol. The number of amides is 1. The van der Waals surface area contributed by atoms with Crippen LogP contribution in [0.5, 0.6) is 0 Å². The molecular weight excluding hydrogens is 216 g/mol. The fourth-order valence-corrected chi connectivity index (χ4v) is 3.20. The fraction of sp³-hybridized carbons (Fsp3) is 0.923. The minimum Gasteiger partial charge on any atom is -0.444 e. The molecule has 1 amide bonds. The van der Waals surface area contributed by atoms with Crippen molar-refractivity contribution in [2.24, 2.45) is 11.7 Å². The van der Waals surface area contributed by atoms with E-state index in [1.165, 1.54) is 12.8 Å². The number of rotatable bonds is 1. The van der Waals surface area contributed by atoms with E-state index in [4.69, 9.17) is 10.5 Å². The summed E-state index contributed by atoms with van der Waals surface area (Å²) < 4.78 is 5.49. The first-order chi connectivity index (χ1) is 7.92. The maximum Gasteiger partial charge on any atom is 0.410 e. The summed E-state index contributed by atoms with van der Waals surface area (Å²) in [6, 6.07) is 0.554. The summed E-state index contributed by atoms with van der Waals surface area (Å²) in [6.07, 6.45) is 4.45. The van der Waals surface area contributed by atoms with E-state index in [9.17, 15) is 4.79 Å². The molecule has 2 aliphatic rings. The molecule has 0 spiro atoms. The van der Waals surface area contributed by atoms with E-state index >= 15 is 0 Å². The fourth-order valence-electron chi connectivity index (χ4n) is 3.20. The molecule has 1 aliphatic carbocycles. The van der Waals surface area contributed by atoms with E-state index in [1.54, 1.807) is 0 Å². The van der Waals surface area contributed by atoms with Crippen molar-refractivity contribution in [3.63, 3.8) is 0 Å². The number of carbonyl (C=O) groups excluding carboxylic acids is 1. The Hall–Kier alpha value is -0.770. The second-order valence-electron chi connectivity index (χ2n) is 6.27. The summed E-state index contributed by atoms with van der Waals surface area (Å²) in [5.74, 6) is 0.649. The van der Waals surface area contributed by atoms with Gasteiger partial charge in [-0.15, -0.1) is 0 Å². The van der Waals surface area contributed by atoms with Gasteiger partial charge in [0.25, 0.3) is 0 Å². The molecule has 0 unspecified atom stereocenters. The lowest BCUT2D eigenvalue weighted by Gasteiger charge is -2.31. The van der Waals surface area contributed by atoms with Gasteiger partial charge in [-0.2, -0.15) is 0 Å². The molecule has 0 aromatic rings. The molecular formula is C13H24N2O2. The Morgan fingerprint density at radius 2 is 2.12 bits per heavy atom. The summed E-state index contributed by atoms with van der Waals surface area (Å²) in [7, 11) is 0. The van der Waals surface area contributed by atoms with Crippen LogP contribution in [0.3, 0.4) is 0 Å². The Balaban J connectivity index is 2.08. The van der Waals surface area contributed by atoms with Crippen molar-refractivity contribution in [1.29, 1.82) is 0 Å². The molecule has 2 N–H and O–H groups in total. The van der Waals surface area contributed by atoms with Crippen LogP contribution in [-0.2, 0) is 4.74 Å². The van der Waals surface area contributed by atoms with Crippen molar-refractivity contribution in [3.05, 3.63) is 0 Å². The largest absolute Gasteiger partial charge is 0.444 e. The van der Waals surface area contributed by atoms with Crippen LogP contribution >= 0.6 is 0 Å². The third kappa shape index (κ3) is 2.57. The highest BCUT2D eigenvalue weighted by Crippen LogP contribution is 2.41. The summed E-state index contributed by atoms with van der Waals surface area (Å²) in [4.78, 5) is 14.1. The highest BCUT2D eigenvalue weighted by Gasteiger charge is 2.46. The zero-order valence-electron chi connectivity index (χ0n) is 11.1. The van der Waals surface area contributed by atoms with E-state index in [1.807, 2.05) is 25.7 Å². The van der Waals surface area contributed by atoms with Gasteiger partial charge < -0.3 is 15.4 Å². The third-order valence-electron chi connectivity index (χ3n) is 3.82. The maximum atomic E-state index is 12.2. The molecule has 2 fully saturated rings. The zero-order valence-corrected chi connectivity index (χ0v) is 11.1. The number of hydrogen-bond donors (Lipinski definition) is 1. The molecule has 0 aromatic carbocycles. The Morgan fingerprint density at radius 3 is 2.71 bits per heavy atom. The summed E-state index contributed by atoms with van der Waals surface area (Å²) in [5.41, 5.74) is 5.36. The van der Waals surface area contributed by atoms with Gasteiger partial charge in [0.2, 0.25) is 0 Å². The molecule has 0 aromatic heterocycles. The molecule has 0 radical (unpaired) electrons. The van der Waals surface area contributed by atoms with Gasteiger partial charge in [-0.1, -0.05) is 6.42 Å². The first-order valence-corrected chi connectivity index (χ1v) is 6.64. The zero-order chi connectivity index (χ0) is 12.6. The third-order valence-corrected chi connectivity index (χ3v) is 3.82. The Morgan fingerprint density at radius 1 is 1.41 bits per heavy atom. The van der Waals surface area contributed by atoms with Crippen molar-refractivity contribution in [2.75, 3.05) is 6.54 Å². The molecule has 4 nitrogen and oxygen atoms in total. The Kier molecular flexibility index (Phi) is 3.34. The van der Waals surface area contributed by atoms with Crippen molar-refractivity contribution in [1.82, 2.24) is 4.90 Å².